The van der Waals surface area contributed by atoms with E-state index in [0.29, 0.717) is 15.7 Å². The molecule has 2 aromatic rings. The number of methoxy groups -OCH3 is 1. The second kappa shape index (κ2) is 9.77. The van der Waals surface area contributed by atoms with E-state index in [0.717, 1.165) is 16.8 Å². The van der Waals surface area contributed by atoms with Gasteiger partial charge in [0.1, 0.15) is 18.2 Å². The van der Waals surface area contributed by atoms with Crippen molar-refractivity contribution in [3.63, 3.8) is 0 Å². The number of nitro groups is 1. The van der Waals surface area contributed by atoms with Crippen molar-refractivity contribution >= 4 is 33.7 Å². The third-order valence-electron chi connectivity index (χ3n) is 3.98. The first-order chi connectivity index (χ1) is 14.2. The summed E-state index contributed by atoms with van der Waals surface area (Å²) in [6, 6.07) is 5.90. The molecule has 0 spiro atoms. The van der Waals surface area contributed by atoms with E-state index in [1.807, 2.05) is 6.07 Å². The number of aromatic nitrogens is 1. The van der Waals surface area contributed by atoms with Crippen molar-refractivity contribution in [2.45, 2.75) is 20.1 Å². The molecule has 1 aromatic heterocycles. The lowest BCUT2D eigenvalue weighted by atomic mass is 10.1. The number of aryl methyl sites for hydroxylation is 1. The van der Waals surface area contributed by atoms with E-state index in [9.17, 15) is 30.1 Å². The van der Waals surface area contributed by atoms with Gasteiger partial charge in [0.05, 0.1) is 17.7 Å². The number of benzene rings is 1. The zero-order chi connectivity index (χ0) is 22.4. The smallest absolute Gasteiger partial charge is 0.312 e. The number of nitrogens with one attached hydrogen (secondary N) is 1. The van der Waals surface area contributed by atoms with Crippen LogP contribution in [0.2, 0.25) is 0 Å². The van der Waals surface area contributed by atoms with Crippen molar-refractivity contribution in [1.29, 1.82) is 5.26 Å². The molecule has 0 saturated carbocycles. The number of hydrogen-bond donors (Lipinski definition) is 2. The molecule has 0 saturated heterocycles. The van der Waals surface area contributed by atoms with Crippen LogP contribution in [0.1, 0.15) is 22.4 Å². The molecule has 11 nitrogen and oxygen atoms in total. The number of hydrogen-bond acceptors (Lipinski definition) is 8. The summed E-state index contributed by atoms with van der Waals surface area (Å²) >= 11 is 3.09. The maximum atomic E-state index is 12.5. The number of carbonyl (C=O) groups is 1. The van der Waals surface area contributed by atoms with E-state index in [1.54, 1.807) is 13.0 Å². The van der Waals surface area contributed by atoms with E-state index in [-0.39, 0.29) is 17.7 Å². The third kappa shape index (κ3) is 5.07. The van der Waals surface area contributed by atoms with Crippen LogP contribution in [0.5, 0.6) is 5.75 Å². The SMILES string of the molecule is COCc1cc(C)n(CC(=O)NN=Cc2cc(Br)cc([N+](=O)[O-])c2O)c(=O)c1C#N. The number of nitriles is 1. The van der Waals surface area contributed by atoms with Crippen LogP contribution in [0, 0.1) is 28.4 Å². The molecule has 1 aromatic carbocycles. The maximum Gasteiger partial charge on any atom is 0.312 e. The fourth-order valence-corrected chi connectivity index (χ4v) is 3.08. The molecule has 1 heterocycles. The lowest BCUT2D eigenvalue weighted by molar-refractivity contribution is -0.385. The van der Waals surface area contributed by atoms with Crippen molar-refractivity contribution in [3.8, 4) is 11.8 Å². The fraction of sp³-hybridized carbons (Fsp3) is 0.222. The van der Waals surface area contributed by atoms with Crippen molar-refractivity contribution < 1.29 is 19.6 Å². The van der Waals surface area contributed by atoms with Gasteiger partial charge < -0.3 is 14.4 Å². The first kappa shape index (κ1) is 22.7. The fourth-order valence-electron chi connectivity index (χ4n) is 2.62. The van der Waals surface area contributed by atoms with Gasteiger partial charge in [0, 0.05) is 34.5 Å². The molecule has 0 aliphatic heterocycles. The Labute approximate surface area is 178 Å². The van der Waals surface area contributed by atoms with Crippen LogP contribution in [0.3, 0.4) is 0 Å². The average molecular weight is 478 g/mol. The highest BCUT2D eigenvalue weighted by Gasteiger charge is 2.18. The molecule has 0 aliphatic carbocycles. The van der Waals surface area contributed by atoms with Crippen molar-refractivity contribution in [2.24, 2.45) is 5.10 Å². The molecule has 0 radical (unpaired) electrons. The van der Waals surface area contributed by atoms with E-state index >= 15 is 0 Å². The Kier molecular flexibility index (Phi) is 7.40. The molecule has 156 valence electrons. The van der Waals surface area contributed by atoms with Crippen LogP contribution in [0.15, 0.2) is 32.6 Å². The first-order valence-corrected chi connectivity index (χ1v) is 9.10. The molecule has 30 heavy (non-hydrogen) atoms. The molecule has 2 rings (SSSR count). The molecular formula is C18H16BrN5O6. The molecule has 12 heteroatoms. The van der Waals surface area contributed by atoms with E-state index in [4.69, 9.17) is 4.74 Å². The number of nitro benzene ring substituents is 1. The number of phenolic OH excluding ortho intramolecular Hbond substituents is 1. The normalized spacial score (nSPS) is 10.7. The monoisotopic (exact) mass is 477 g/mol. The van der Waals surface area contributed by atoms with E-state index in [1.165, 1.54) is 13.2 Å². The summed E-state index contributed by atoms with van der Waals surface area (Å²) in [5, 5.41) is 33.8. The predicted molar refractivity (Wildman–Crippen MR) is 109 cm³/mol. The summed E-state index contributed by atoms with van der Waals surface area (Å²) in [6.45, 7) is 1.28. The van der Waals surface area contributed by atoms with Gasteiger partial charge in [-0.25, -0.2) is 5.43 Å². The lowest BCUT2D eigenvalue weighted by Gasteiger charge is -2.12. The van der Waals surface area contributed by atoms with Crippen LogP contribution in [-0.2, 0) is 22.7 Å². The molecular weight excluding hydrogens is 462 g/mol. The number of hydrazone groups is 1. The second-order valence-electron chi connectivity index (χ2n) is 6.04. The number of halogens is 1. The van der Waals surface area contributed by atoms with E-state index < -0.39 is 34.4 Å². The highest BCUT2D eigenvalue weighted by molar-refractivity contribution is 9.10. The first-order valence-electron chi connectivity index (χ1n) is 8.30. The summed E-state index contributed by atoms with van der Waals surface area (Å²) in [6.07, 6.45) is 1.03. The van der Waals surface area contributed by atoms with Crippen LogP contribution >= 0.6 is 15.9 Å². The Morgan fingerprint density at radius 1 is 1.50 bits per heavy atom. The highest BCUT2D eigenvalue weighted by atomic mass is 79.9. The summed E-state index contributed by atoms with van der Waals surface area (Å²) in [5.74, 6) is -1.29. The van der Waals surface area contributed by atoms with Crippen molar-refractivity contribution in [1.82, 2.24) is 9.99 Å². The molecule has 2 N–H and O–H groups in total. The molecule has 0 bridgehead atoms. The maximum absolute atomic E-state index is 12.5. The minimum absolute atomic E-state index is 0.000378. The number of pyridine rings is 1. The summed E-state index contributed by atoms with van der Waals surface area (Å²) in [4.78, 5) is 34.8. The topological polar surface area (TPSA) is 160 Å². The predicted octanol–water partition coefficient (Wildman–Crippen LogP) is 1.70. The summed E-state index contributed by atoms with van der Waals surface area (Å²) < 4.78 is 6.42. The number of carbonyl (C=O) groups excluding carboxylic acids is 1. The number of ether oxygens (including phenoxy) is 1. The standard InChI is InChI=1S/C18H16BrN5O6/c1-10-3-12(9-30-2)14(6-20)18(27)23(10)8-16(25)22-21-7-11-4-13(19)5-15(17(11)26)24(28)29/h3-5,7,26H,8-9H2,1-2H3,(H,22,25). The van der Waals surface area contributed by atoms with Crippen LogP contribution in [0.4, 0.5) is 5.69 Å². The zero-order valence-corrected chi connectivity index (χ0v) is 17.5. The van der Waals surface area contributed by atoms with Gasteiger partial charge in [0.2, 0.25) is 5.75 Å². The molecule has 0 atom stereocenters. The average Bonchev–Trinajstić information content (AvgIpc) is 2.67. The van der Waals surface area contributed by atoms with E-state index in [2.05, 4.69) is 26.5 Å². The zero-order valence-electron chi connectivity index (χ0n) is 15.9. The molecule has 1 amide bonds. The number of amides is 1. The Balaban J connectivity index is 2.21. The molecule has 0 aliphatic rings. The number of aromatic hydroxyl groups is 1. The molecule has 0 fully saturated rings. The van der Waals surface area contributed by atoms with Gasteiger partial charge >= 0.3 is 5.69 Å². The minimum atomic E-state index is -0.759. The number of rotatable bonds is 7. The Morgan fingerprint density at radius 2 is 2.20 bits per heavy atom. The molecule has 0 unspecified atom stereocenters. The van der Waals surface area contributed by atoms with Gasteiger partial charge in [-0.1, -0.05) is 15.9 Å². The van der Waals surface area contributed by atoms with Crippen LogP contribution in [0.25, 0.3) is 0 Å². The van der Waals surface area contributed by atoms with Crippen LogP contribution < -0.4 is 11.0 Å². The van der Waals surface area contributed by atoms with Gasteiger partial charge in [-0.05, 0) is 19.1 Å². The lowest BCUT2D eigenvalue weighted by Crippen LogP contribution is -2.33. The largest absolute Gasteiger partial charge is 0.502 e. The summed E-state index contributed by atoms with van der Waals surface area (Å²) in [7, 11) is 1.44. The summed E-state index contributed by atoms with van der Waals surface area (Å²) in [5.41, 5.74) is 1.76. The van der Waals surface area contributed by atoms with Gasteiger partial charge in [0.25, 0.3) is 11.5 Å². The van der Waals surface area contributed by atoms with Crippen molar-refractivity contribution in [3.05, 3.63) is 65.5 Å². The van der Waals surface area contributed by atoms with Crippen molar-refractivity contribution in [2.75, 3.05) is 7.11 Å². The van der Waals surface area contributed by atoms with Gasteiger partial charge in [-0.2, -0.15) is 10.4 Å². The van der Waals surface area contributed by atoms with Gasteiger partial charge in [0.15, 0.2) is 0 Å². The number of nitrogens with zero attached hydrogens (tertiary/aromatic N) is 4. The van der Waals surface area contributed by atoms with Crippen LogP contribution in [-0.4, -0.2) is 33.8 Å². The second-order valence-corrected chi connectivity index (χ2v) is 6.95. The quantitative estimate of drug-likeness (QED) is 0.348. The minimum Gasteiger partial charge on any atom is -0.502 e. The number of phenols is 1. The Hall–Kier alpha value is -3.56. The Bertz CT molecular complexity index is 1140. The third-order valence-corrected chi connectivity index (χ3v) is 4.43. The van der Waals surface area contributed by atoms with Gasteiger partial charge in [-0.15, -0.1) is 0 Å². The Morgan fingerprint density at radius 3 is 2.80 bits per heavy atom. The van der Waals surface area contributed by atoms with Gasteiger partial charge in [-0.3, -0.25) is 19.7 Å². The highest BCUT2D eigenvalue weighted by Crippen LogP contribution is 2.32.